The molecule has 5 nitrogen and oxygen atoms in total. The molecule has 3 N–H and O–H groups in total. The molecule has 17 heavy (non-hydrogen) atoms. The first-order valence-corrected chi connectivity index (χ1v) is 7.24. The molecule has 1 aromatic rings. The van der Waals surface area contributed by atoms with Crippen molar-refractivity contribution < 1.29 is 8.42 Å². The third-order valence-corrected chi connectivity index (χ3v) is 5.41. The predicted molar refractivity (Wildman–Crippen MR) is 81.8 cm³/mol. The van der Waals surface area contributed by atoms with Crippen molar-refractivity contribution in [3.8, 4) is 0 Å². The Bertz CT molecular complexity index is 482. The van der Waals surface area contributed by atoms with Crippen molar-refractivity contribution in [2.75, 3.05) is 12.8 Å². The largest absolute Gasteiger partial charge is 0.370 e. The first-order valence-electron chi connectivity index (χ1n) is 4.77. The number of guanidine groups is 1. The summed E-state index contributed by atoms with van der Waals surface area (Å²) in [6, 6.07) is 3.41. The Labute approximate surface area is 122 Å². The maximum Gasteiger partial charge on any atom is 0.188 e. The Balaban J connectivity index is 0.00000256. The van der Waals surface area contributed by atoms with Crippen LogP contribution in [0.15, 0.2) is 21.3 Å². The number of nitrogens with two attached hydrogens (primary N) is 1. The molecule has 0 bridgehead atoms. The molecule has 8 heteroatoms. The molecule has 98 valence electrons. The van der Waals surface area contributed by atoms with Gasteiger partial charge in [0.2, 0.25) is 0 Å². The summed E-state index contributed by atoms with van der Waals surface area (Å²) in [7, 11) is -1.51. The van der Waals surface area contributed by atoms with Crippen molar-refractivity contribution in [2.24, 2.45) is 10.7 Å². The van der Waals surface area contributed by atoms with Gasteiger partial charge in [0.25, 0.3) is 0 Å². The summed E-state index contributed by atoms with van der Waals surface area (Å²) < 4.78 is 23.5. The van der Waals surface area contributed by atoms with E-state index in [4.69, 9.17) is 5.73 Å². The molecule has 0 aliphatic carbocycles. The van der Waals surface area contributed by atoms with E-state index >= 15 is 0 Å². The third kappa shape index (κ3) is 4.80. The Hall–Kier alpha value is -0.350. The fourth-order valence-corrected chi connectivity index (χ4v) is 3.44. The summed E-state index contributed by atoms with van der Waals surface area (Å²) in [6.07, 6.45) is 0. The lowest BCUT2D eigenvalue weighted by Crippen LogP contribution is -2.30. The van der Waals surface area contributed by atoms with Crippen molar-refractivity contribution in [1.82, 2.24) is 5.32 Å². The van der Waals surface area contributed by atoms with Gasteiger partial charge < -0.3 is 11.1 Å². The number of hydrogen-bond donors (Lipinski definition) is 2. The predicted octanol–water partition coefficient (Wildman–Crippen LogP) is 1.19. The van der Waals surface area contributed by atoms with Crippen LogP contribution in [0.1, 0.15) is 11.8 Å². The van der Waals surface area contributed by atoms with Crippen molar-refractivity contribution in [3.63, 3.8) is 0 Å². The van der Waals surface area contributed by atoms with E-state index in [1.807, 2.05) is 0 Å². The van der Waals surface area contributed by atoms with E-state index in [0.717, 1.165) is 4.88 Å². The van der Waals surface area contributed by atoms with Gasteiger partial charge in [-0.15, -0.1) is 35.3 Å². The highest BCUT2D eigenvalue weighted by molar-refractivity contribution is 14.0. The Morgan fingerprint density at radius 1 is 1.53 bits per heavy atom. The van der Waals surface area contributed by atoms with Gasteiger partial charge >= 0.3 is 0 Å². The van der Waals surface area contributed by atoms with E-state index in [2.05, 4.69) is 10.3 Å². The zero-order valence-corrected chi connectivity index (χ0v) is 13.6. The highest BCUT2D eigenvalue weighted by Crippen LogP contribution is 2.22. The summed E-state index contributed by atoms with van der Waals surface area (Å²) in [5.74, 6) is 0.465. The topological polar surface area (TPSA) is 84.5 Å². The van der Waals surface area contributed by atoms with Crippen LogP contribution in [0.5, 0.6) is 0 Å². The van der Waals surface area contributed by atoms with Gasteiger partial charge in [-0.25, -0.2) is 8.42 Å². The molecule has 0 aliphatic heterocycles. The van der Waals surface area contributed by atoms with Gasteiger partial charge in [0.1, 0.15) is 4.21 Å². The summed E-state index contributed by atoms with van der Waals surface area (Å²) in [6.45, 7) is 2.13. The number of nitrogens with zero attached hydrogens (tertiary/aromatic N) is 1. The number of sulfone groups is 1. The molecule has 1 aromatic heterocycles. The van der Waals surface area contributed by atoms with Crippen molar-refractivity contribution in [3.05, 3.63) is 17.0 Å². The molecule has 0 saturated carbocycles. The summed E-state index contributed by atoms with van der Waals surface area (Å²) in [4.78, 5) is 4.66. The number of nitrogens with one attached hydrogen (secondary N) is 1. The fraction of sp³-hybridized carbons (Fsp3) is 0.444. The minimum absolute atomic E-state index is 0. The zero-order chi connectivity index (χ0) is 12.2. The average Bonchev–Trinajstić information content (AvgIpc) is 2.75. The fourth-order valence-electron chi connectivity index (χ4n) is 1.02. The van der Waals surface area contributed by atoms with Gasteiger partial charge in [0.05, 0.1) is 12.3 Å². The SMILES string of the molecule is CCS(=O)(=O)c1ccc(CNC(N)=NC)s1.I. The van der Waals surface area contributed by atoms with E-state index in [-0.39, 0.29) is 29.7 Å². The van der Waals surface area contributed by atoms with E-state index in [9.17, 15) is 8.42 Å². The lowest BCUT2D eigenvalue weighted by molar-refractivity contribution is 0.599. The molecule has 1 heterocycles. The molecule has 0 radical (unpaired) electrons. The molecular weight excluding hydrogens is 373 g/mol. The number of thiophene rings is 1. The van der Waals surface area contributed by atoms with Gasteiger partial charge in [-0.05, 0) is 12.1 Å². The van der Waals surface area contributed by atoms with Crippen LogP contribution in [0.4, 0.5) is 0 Å². The van der Waals surface area contributed by atoms with Crippen LogP contribution in [0, 0.1) is 0 Å². The number of rotatable bonds is 4. The molecule has 0 unspecified atom stereocenters. The first-order chi connectivity index (χ1) is 7.49. The zero-order valence-electron chi connectivity index (χ0n) is 9.63. The summed E-state index contributed by atoms with van der Waals surface area (Å²) in [5.41, 5.74) is 5.46. The molecule has 0 saturated heterocycles. The van der Waals surface area contributed by atoms with Crippen LogP contribution in [0.25, 0.3) is 0 Å². The molecule has 0 fully saturated rings. The number of aliphatic imine (C=N–C) groups is 1. The van der Waals surface area contributed by atoms with Crippen molar-refractivity contribution in [1.29, 1.82) is 0 Å². The van der Waals surface area contributed by atoms with Gasteiger partial charge in [-0.1, -0.05) is 6.92 Å². The second-order valence-electron chi connectivity index (χ2n) is 3.09. The normalized spacial score (nSPS) is 12.0. The number of hydrogen-bond acceptors (Lipinski definition) is 4. The lowest BCUT2D eigenvalue weighted by atomic mass is 10.5. The smallest absolute Gasteiger partial charge is 0.188 e. The molecule has 1 rings (SSSR count). The van der Waals surface area contributed by atoms with Crippen molar-refractivity contribution >= 4 is 51.1 Å². The number of halogens is 1. The maximum absolute atomic E-state index is 11.6. The van der Waals surface area contributed by atoms with Crippen LogP contribution in [-0.2, 0) is 16.4 Å². The van der Waals surface area contributed by atoms with E-state index in [1.165, 1.54) is 11.3 Å². The second-order valence-corrected chi connectivity index (χ2v) is 6.76. The van der Waals surface area contributed by atoms with E-state index in [0.29, 0.717) is 16.7 Å². The van der Waals surface area contributed by atoms with E-state index in [1.54, 1.807) is 26.1 Å². The molecule has 0 aromatic carbocycles. The maximum atomic E-state index is 11.6. The van der Waals surface area contributed by atoms with Gasteiger partial charge in [0, 0.05) is 11.9 Å². The molecular formula is C9H16IN3O2S2. The lowest BCUT2D eigenvalue weighted by Gasteiger charge is -2.01. The monoisotopic (exact) mass is 389 g/mol. The van der Waals surface area contributed by atoms with Crippen LogP contribution < -0.4 is 11.1 Å². The minimum Gasteiger partial charge on any atom is -0.370 e. The van der Waals surface area contributed by atoms with Crippen molar-refractivity contribution in [2.45, 2.75) is 17.7 Å². The second kappa shape index (κ2) is 7.17. The standard InChI is InChI=1S/C9H15N3O2S2.HI/c1-3-16(13,14)8-5-4-7(15-8)6-12-9(10)11-2;/h4-5H,3,6H2,1-2H3,(H3,10,11,12);1H. The van der Waals surface area contributed by atoms with Crippen LogP contribution in [0.3, 0.4) is 0 Å². The third-order valence-electron chi connectivity index (χ3n) is 2.01. The first kappa shape index (κ1) is 16.6. The summed E-state index contributed by atoms with van der Waals surface area (Å²) >= 11 is 1.26. The molecule has 0 aliphatic rings. The van der Waals surface area contributed by atoms with Crippen LogP contribution in [0.2, 0.25) is 0 Å². The highest BCUT2D eigenvalue weighted by Gasteiger charge is 2.14. The Morgan fingerprint density at radius 3 is 2.71 bits per heavy atom. The van der Waals surface area contributed by atoms with Gasteiger partial charge in [-0.3, -0.25) is 4.99 Å². The molecule has 0 spiro atoms. The molecule has 0 atom stereocenters. The Kier molecular flexibility index (Phi) is 7.02. The van der Waals surface area contributed by atoms with Gasteiger partial charge in [0.15, 0.2) is 15.8 Å². The highest BCUT2D eigenvalue weighted by atomic mass is 127. The van der Waals surface area contributed by atoms with E-state index < -0.39 is 9.84 Å². The molecule has 0 amide bonds. The minimum atomic E-state index is -3.09. The van der Waals surface area contributed by atoms with Crippen LogP contribution in [-0.4, -0.2) is 27.2 Å². The Morgan fingerprint density at radius 2 is 2.18 bits per heavy atom. The quantitative estimate of drug-likeness (QED) is 0.460. The summed E-state index contributed by atoms with van der Waals surface area (Å²) in [5, 5.41) is 2.87. The average molecular weight is 389 g/mol. The van der Waals surface area contributed by atoms with Gasteiger partial charge in [-0.2, -0.15) is 0 Å². The van der Waals surface area contributed by atoms with Crippen LogP contribution >= 0.6 is 35.3 Å².